The van der Waals surface area contributed by atoms with Crippen LogP contribution >= 0.6 is 0 Å². The minimum atomic E-state index is 0.0311. The first kappa shape index (κ1) is 13.1. The van der Waals surface area contributed by atoms with Gasteiger partial charge in [0.2, 0.25) is 5.88 Å². The lowest BCUT2D eigenvalue weighted by Gasteiger charge is -2.25. The van der Waals surface area contributed by atoms with Crippen molar-refractivity contribution < 1.29 is 9.84 Å². The molecule has 0 unspecified atom stereocenters. The SMILES string of the molecule is COc1ccc2nccc(N3C[C@H](N)C[C@H]3CO)c2n1. The van der Waals surface area contributed by atoms with Gasteiger partial charge in [-0.2, -0.15) is 0 Å². The summed E-state index contributed by atoms with van der Waals surface area (Å²) < 4.78 is 5.18. The third-order valence-electron chi connectivity index (χ3n) is 3.71. The highest BCUT2D eigenvalue weighted by atomic mass is 16.5. The molecule has 1 fully saturated rings. The zero-order valence-electron chi connectivity index (χ0n) is 11.4. The van der Waals surface area contributed by atoms with Crippen LogP contribution in [0.2, 0.25) is 0 Å². The largest absolute Gasteiger partial charge is 0.481 e. The Labute approximate surface area is 117 Å². The number of fused-ring (bicyclic) bond motifs is 1. The Balaban J connectivity index is 2.10. The van der Waals surface area contributed by atoms with Crippen LogP contribution in [0.3, 0.4) is 0 Å². The second-order valence-corrected chi connectivity index (χ2v) is 5.04. The number of methoxy groups -OCH3 is 1. The molecule has 0 saturated carbocycles. The van der Waals surface area contributed by atoms with Crippen LogP contribution in [-0.4, -0.2) is 47.4 Å². The Kier molecular flexibility index (Phi) is 3.42. The highest BCUT2D eigenvalue weighted by Gasteiger charge is 2.30. The molecule has 1 aliphatic heterocycles. The van der Waals surface area contributed by atoms with Gasteiger partial charge in [0.25, 0.3) is 0 Å². The predicted octanol–water partition coefficient (Wildman–Crippen LogP) is 0.537. The minimum absolute atomic E-state index is 0.0311. The lowest BCUT2D eigenvalue weighted by Crippen LogP contribution is -2.33. The van der Waals surface area contributed by atoms with E-state index < -0.39 is 0 Å². The molecule has 0 aromatic carbocycles. The van der Waals surface area contributed by atoms with E-state index in [1.807, 2.05) is 12.1 Å². The number of hydrogen-bond donors (Lipinski definition) is 2. The molecule has 106 valence electrons. The van der Waals surface area contributed by atoms with Crippen molar-refractivity contribution in [3.05, 3.63) is 24.4 Å². The van der Waals surface area contributed by atoms with E-state index in [9.17, 15) is 5.11 Å². The molecule has 1 aliphatic rings. The predicted molar refractivity (Wildman–Crippen MR) is 76.9 cm³/mol. The van der Waals surface area contributed by atoms with Gasteiger partial charge in [-0.25, -0.2) is 4.98 Å². The van der Waals surface area contributed by atoms with Crippen LogP contribution in [0.25, 0.3) is 11.0 Å². The number of nitrogens with two attached hydrogens (primary N) is 1. The first-order valence-corrected chi connectivity index (χ1v) is 6.65. The van der Waals surface area contributed by atoms with E-state index in [1.54, 1.807) is 19.4 Å². The molecule has 3 rings (SSSR count). The van der Waals surface area contributed by atoms with Gasteiger partial charge in [0.05, 0.1) is 31.0 Å². The molecule has 0 amide bonds. The lowest BCUT2D eigenvalue weighted by molar-refractivity contribution is 0.265. The summed E-state index contributed by atoms with van der Waals surface area (Å²) in [4.78, 5) is 10.9. The van der Waals surface area contributed by atoms with Crippen molar-refractivity contribution in [2.45, 2.75) is 18.5 Å². The molecule has 3 N–H and O–H groups in total. The summed E-state index contributed by atoms with van der Waals surface area (Å²) in [5, 5.41) is 9.53. The molecule has 0 bridgehead atoms. The van der Waals surface area contributed by atoms with E-state index in [4.69, 9.17) is 10.5 Å². The summed E-state index contributed by atoms with van der Waals surface area (Å²) in [6, 6.07) is 5.69. The van der Waals surface area contributed by atoms with E-state index in [0.29, 0.717) is 12.4 Å². The molecule has 2 atom stereocenters. The van der Waals surface area contributed by atoms with Gasteiger partial charge in [0.15, 0.2) is 0 Å². The fourth-order valence-electron chi connectivity index (χ4n) is 2.76. The van der Waals surface area contributed by atoms with Crippen LogP contribution in [0.5, 0.6) is 5.88 Å². The van der Waals surface area contributed by atoms with E-state index in [-0.39, 0.29) is 18.7 Å². The molecular weight excluding hydrogens is 256 g/mol. The maximum absolute atomic E-state index is 9.53. The average molecular weight is 274 g/mol. The lowest BCUT2D eigenvalue weighted by atomic mass is 10.2. The van der Waals surface area contributed by atoms with Crippen molar-refractivity contribution in [1.82, 2.24) is 9.97 Å². The molecule has 3 heterocycles. The highest BCUT2D eigenvalue weighted by molar-refractivity contribution is 5.88. The fraction of sp³-hybridized carbons (Fsp3) is 0.429. The smallest absolute Gasteiger partial charge is 0.213 e. The highest BCUT2D eigenvalue weighted by Crippen LogP contribution is 2.30. The third kappa shape index (κ3) is 2.17. The topological polar surface area (TPSA) is 84.5 Å². The van der Waals surface area contributed by atoms with E-state index >= 15 is 0 Å². The number of aromatic nitrogens is 2. The fourth-order valence-corrected chi connectivity index (χ4v) is 2.76. The second-order valence-electron chi connectivity index (χ2n) is 5.04. The zero-order valence-corrected chi connectivity index (χ0v) is 11.4. The summed E-state index contributed by atoms with van der Waals surface area (Å²) >= 11 is 0. The summed E-state index contributed by atoms with van der Waals surface area (Å²) in [5.41, 5.74) is 8.54. The summed E-state index contributed by atoms with van der Waals surface area (Å²) in [6.07, 6.45) is 2.54. The van der Waals surface area contributed by atoms with Gasteiger partial charge >= 0.3 is 0 Å². The van der Waals surface area contributed by atoms with Crippen molar-refractivity contribution >= 4 is 16.7 Å². The maximum Gasteiger partial charge on any atom is 0.213 e. The minimum Gasteiger partial charge on any atom is -0.481 e. The van der Waals surface area contributed by atoms with Gasteiger partial charge in [-0.1, -0.05) is 0 Å². The number of pyridine rings is 2. The Hall–Kier alpha value is -1.92. The molecular formula is C14H18N4O2. The standard InChI is InChI=1S/C14H18N4O2/c1-20-13-3-2-11-14(17-13)12(4-5-16-11)18-7-9(15)6-10(18)8-19/h2-5,9-10,19H,6-8,15H2,1H3/t9-,10+/m1/s1. The van der Waals surface area contributed by atoms with Crippen LogP contribution in [0.4, 0.5) is 5.69 Å². The number of nitrogens with zero attached hydrogens (tertiary/aromatic N) is 3. The quantitative estimate of drug-likeness (QED) is 0.849. The maximum atomic E-state index is 9.53. The second kappa shape index (κ2) is 5.22. The van der Waals surface area contributed by atoms with Crippen molar-refractivity contribution in [3.8, 4) is 5.88 Å². The van der Waals surface area contributed by atoms with Gasteiger partial charge in [0, 0.05) is 24.8 Å². The summed E-state index contributed by atoms with van der Waals surface area (Å²) in [5.74, 6) is 0.552. The molecule has 0 radical (unpaired) electrons. The van der Waals surface area contributed by atoms with Crippen molar-refractivity contribution in [2.75, 3.05) is 25.2 Å². The average Bonchev–Trinajstić information content (AvgIpc) is 2.87. The first-order valence-electron chi connectivity index (χ1n) is 6.65. The molecule has 20 heavy (non-hydrogen) atoms. The number of rotatable bonds is 3. The van der Waals surface area contributed by atoms with Crippen molar-refractivity contribution in [1.29, 1.82) is 0 Å². The number of aliphatic hydroxyl groups is 1. The van der Waals surface area contributed by atoms with E-state index in [1.165, 1.54) is 0 Å². The van der Waals surface area contributed by atoms with Crippen molar-refractivity contribution in [2.24, 2.45) is 5.73 Å². The number of hydrogen-bond acceptors (Lipinski definition) is 6. The van der Waals surface area contributed by atoms with E-state index in [2.05, 4.69) is 14.9 Å². The summed E-state index contributed by atoms with van der Waals surface area (Å²) in [7, 11) is 1.59. The van der Waals surface area contributed by atoms with E-state index in [0.717, 1.165) is 23.1 Å². The molecule has 6 heteroatoms. The van der Waals surface area contributed by atoms with Gasteiger partial charge in [-0.05, 0) is 18.6 Å². The van der Waals surface area contributed by atoms with Gasteiger partial charge in [-0.15, -0.1) is 0 Å². The van der Waals surface area contributed by atoms with Crippen LogP contribution in [-0.2, 0) is 0 Å². The Morgan fingerprint density at radius 3 is 3.05 bits per heavy atom. The van der Waals surface area contributed by atoms with Crippen molar-refractivity contribution in [3.63, 3.8) is 0 Å². The number of aliphatic hydroxyl groups excluding tert-OH is 1. The Morgan fingerprint density at radius 2 is 2.30 bits per heavy atom. The molecule has 2 aromatic heterocycles. The summed E-state index contributed by atoms with van der Waals surface area (Å²) in [6.45, 7) is 0.796. The van der Waals surface area contributed by atoms with Crippen LogP contribution in [0.1, 0.15) is 6.42 Å². The van der Waals surface area contributed by atoms with Crippen LogP contribution in [0, 0.1) is 0 Å². The van der Waals surface area contributed by atoms with Gasteiger partial charge < -0.3 is 20.5 Å². The Bertz CT molecular complexity index is 619. The number of ether oxygens (including phenoxy) is 1. The number of anilines is 1. The van der Waals surface area contributed by atoms with Crippen LogP contribution in [0.15, 0.2) is 24.4 Å². The zero-order chi connectivity index (χ0) is 14.1. The van der Waals surface area contributed by atoms with Gasteiger partial charge in [-0.3, -0.25) is 4.98 Å². The third-order valence-corrected chi connectivity index (χ3v) is 3.71. The molecule has 2 aromatic rings. The normalized spacial score (nSPS) is 22.4. The first-order chi connectivity index (χ1) is 9.72. The molecule has 1 saturated heterocycles. The van der Waals surface area contributed by atoms with Crippen LogP contribution < -0.4 is 15.4 Å². The molecule has 6 nitrogen and oxygen atoms in total. The molecule has 0 aliphatic carbocycles. The Morgan fingerprint density at radius 1 is 1.45 bits per heavy atom. The molecule has 0 spiro atoms. The van der Waals surface area contributed by atoms with Gasteiger partial charge in [0.1, 0.15) is 5.52 Å². The monoisotopic (exact) mass is 274 g/mol.